The standard InChI is InChI=1S/C23H24ClFN2O4S2/c1-30-17-4-6-21(31-2)22(13-17)33(28,29)18-7-9-27(10-8-18)23-26-16(14-32-23)11-15-3-5-19(24)20(25)12-15/h3-6,12-14,18H,7-11H2,1-2H3. The summed E-state index contributed by atoms with van der Waals surface area (Å²) in [5, 5.41) is 2.38. The van der Waals surface area contributed by atoms with Crippen molar-refractivity contribution < 1.29 is 22.3 Å². The molecule has 0 spiro atoms. The molecule has 0 saturated carbocycles. The predicted octanol–water partition coefficient (Wildman–Crippen LogP) is 4.99. The first-order chi connectivity index (χ1) is 15.8. The zero-order valence-electron chi connectivity index (χ0n) is 18.3. The van der Waals surface area contributed by atoms with Gasteiger partial charge in [-0.3, -0.25) is 0 Å². The molecule has 1 aromatic heterocycles. The number of nitrogens with zero attached hydrogens (tertiary/aromatic N) is 2. The van der Waals surface area contributed by atoms with Crippen molar-refractivity contribution >= 4 is 37.9 Å². The molecule has 0 bridgehead atoms. The Morgan fingerprint density at radius 2 is 1.91 bits per heavy atom. The molecule has 0 unspecified atom stereocenters. The molecule has 0 aliphatic carbocycles. The predicted molar refractivity (Wildman–Crippen MR) is 128 cm³/mol. The van der Waals surface area contributed by atoms with Crippen molar-refractivity contribution in [3.63, 3.8) is 0 Å². The number of methoxy groups -OCH3 is 2. The zero-order valence-corrected chi connectivity index (χ0v) is 20.6. The van der Waals surface area contributed by atoms with E-state index in [1.165, 1.54) is 37.7 Å². The van der Waals surface area contributed by atoms with E-state index in [0.717, 1.165) is 16.4 Å². The van der Waals surface area contributed by atoms with Gasteiger partial charge in [-0.2, -0.15) is 0 Å². The summed E-state index contributed by atoms with van der Waals surface area (Å²) in [5.74, 6) is 0.352. The number of thiazole rings is 1. The van der Waals surface area contributed by atoms with E-state index >= 15 is 0 Å². The summed E-state index contributed by atoms with van der Waals surface area (Å²) >= 11 is 7.26. The molecule has 1 saturated heterocycles. The third-order valence-corrected chi connectivity index (χ3v) is 9.28. The number of anilines is 1. The summed E-state index contributed by atoms with van der Waals surface area (Å²) in [4.78, 5) is 6.94. The largest absolute Gasteiger partial charge is 0.497 e. The lowest BCUT2D eigenvalue weighted by Gasteiger charge is -2.31. The number of halogens is 2. The quantitative estimate of drug-likeness (QED) is 0.446. The molecule has 6 nitrogen and oxygen atoms in total. The van der Waals surface area contributed by atoms with Crippen molar-refractivity contribution in [1.29, 1.82) is 0 Å². The van der Waals surface area contributed by atoms with Crippen LogP contribution in [-0.2, 0) is 16.3 Å². The van der Waals surface area contributed by atoms with Gasteiger partial charge in [0, 0.05) is 31.0 Å². The Kier molecular flexibility index (Phi) is 7.11. The third kappa shape index (κ3) is 5.10. The van der Waals surface area contributed by atoms with Gasteiger partial charge in [0.15, 0.2) is 15.0 Å². The van der Waals surface area contributed by atoms with Crippen molar-refractivity contribution in [2.24, 2.45) is 0 Å². The highest BCUT2D eigenvalue weighted by atomic mass is 35.5. The normalized spacial score (nSPS) is 15.0. The van der Waals surface area contributed by atoms with Gasteiger partial charge in [-0.15, -0.1) is 11.3 Å². The fourth-order valence-corrected chi connectivity index (χ4v) is 6.82. The van der Waals surface area contributed by atoms with Crippen molar-refractivity contribution in [1.82, 2.24) is 4.98 Å². The van der Waals surface area contributed by atoms with E-state index in [9.17, 15) is 12.8 Å². The highest BCUT2D eigenvalue weighted by Crippen LogP contribution is 2.35. The summed E-state index contributed by atoms with van der Waals surface area (Å²) in [6.07, 6.45) is 1.48. The molecule has 0 N–H and O–H groups in total. The number of ether oxygens (including phenoxy) is 2. The molecule has 0 amide bonds. The molecule has 4 rings (SSSR count). The second kappa shape index (κ2) is 9.87. The summed E-state index contributed by atoms with van der Waals surface area (Å²) in [6.45, 7) is 1.16. The van der Waals surface area contributed by atoms with Gasteiger partial charge in [-0.25, -0.2) is 17.8 Å². The molecule has 1 aliphatic rings. The summed E-state index contributed by atoms with van der Waals surface area (Å²) < 4.78 is 50.9. The summed E-state index contributed by atoms with van der Waals surface area (Å²) in [7, 11) is -0.618. The average Bonchev–Trinajstić information content (AvgIpc) is 3.29. The van der Waals surface area contributed by atoms with Gasteiger partial charge in [0.05, 0.1) is 30.2 Å². The van der Waals surface area contributed by atoms with Gasteiger partial charge in [-0.05, 0) is 42.7 Å². The van der Waals surface area contributed by atoms with Crippen LogP contribution in [0.4, 0.5) is 9.52 Å². The monoisotopic (exact) mass is 510 g/mol. The van der Waals surface area contributed by atoms with Crippen LogP contribution in [0, 0.1) is 5.82 Å². The van der Waals surface area contributed by atoms with E-state index in [2.05, 4.69) is 9.88 Å². The van der Waals surface area contributed by atoms with Crippen molar-refractivity contribution in [3.8, 4) is 11.5 Å². The SMILES string of the molecule is COc1ccc(OC)c(S(=O)(=O)C2CCN(c3nc(Cc4ccc(Cl)c(F)c4)cs3)CC2)c1. The van der Waals surface area contributed by atoms with Crippen LogP contribution in [0.3, 0.4) is 0 Å². The maximum Gasteiger partial charge on any atom is 0.185 e. The second-order valence-electron chi connectivity index (χ2n) is 7.79. The number of benzene rings is 2. The van der Waals surface area contributed by atoms with Gasteiger partial charge < -0.3 is 14.4 Å². The van der Waals surface area contributed by atoms with Crippen LogP contribution in [-0.4, -0.2) is 46.0 Å². The first-order valence-corrected chi connectivity index (χ1v) is 13.2. The fourth-order valence-electron chi connectivity index (χ4n) is 3.92. The Balaban J connectivity index is 1.43. The minimum atomic E-state index is -3.58. The molecule has 10 heteroatoms. The van der Waals surface area contributed by atoms with E-state index in [1.807, 2.05) is 5.38 Å². The smallest absolute Gasteiger partial charge is 0.185 e. The lowest BCUT2D eigenvalue weighted by Crippen LogP contribution is -2.39. The van der Waals surface area contributed by atoms with Crippen LogP contribution >= 0.6 is 22.9 Å². The third-order valence-electron chi connectivity index (χ3n) is 5.74. The highest BCUT2D eigenvalue weighted by Gasteiger charge is 2.34. The number of hydrogen-bond donors (Lipinski definition) is 0. The number of hydrogen-bond acceptors (Lipinski definition) is 7. The Morgan fingerprint density at radius 1 is 1.15 bits per heavy atom. The Hall–Kier alpha value is -2.36. The molecule has 2 heterocycles. The molecular formula is C23H24ClFN2O4S2. The molecule has 33 heavy (non-hydrogen) atoms. The minimum absolute atomic E-state index is 0.0992. The number of piperidine rings is 1. The number of aromatic nitrogens is 1. The van der Waals surface area contributed by atoms with Gasteiger partial charge in [0.25, 0.3) is 0 Å². The van der Waals surface area contributed by atoms with E-state index in [4.69, 9.17) is 21.1 Å². The molecule has 176 valence electrons. The van der Waals surface area contributed by atoms with Crippen molar-refractivity contribution in [2.75, 3.05) is 32.2 Å². The zero-order chi connectivity index (χ0) is 23.6. The van der Waals surface area contributed by atoms with E-state index in [-0.39, 0.29) is 9.92 Å². The molecule has 0 radical (unpaired) electrons. The lowest BCUT2D eigenvalue weighted by atomic mass is 10.1. The fraction of sp³-hybridized carbons (Fsp3) is 0.348. The maximum absolute atomic E-state index is 13.7. The van der Waals surface area contributed by atoms with Crippen LogP contribution < -0.4 is 14.4 Å². The molecule has 1 fully saturated rings. The lowest BCUT2D eigenvalue weighted by molar-refractivity contribution is 0.391. The summed E-state index contributed by atoms with van der Waals surface area (Å²) in [5.41, 5.74) is 1.64. The van der Waals surface area contributed by atoms with Crippen LogP contribution in [0.2, 0.25) is 5.02 Å². The minimum Gasteiger partial charge on any atom is -0.497 e. The van der Waals surface area contributed by atoms with E-state index < -0.39 is 20.9 Å². The topological polar surface area (TPSA) is 68.7 Å². The van der Waals surface area contributed by atoms with Crippen LogP contribution in [0.1, 0.15) is 24.1 Å². The van der Waals surface area contributed by atoms with E-state index in [0.29, 0.717) is 43.9 Å². The molecule has 0 atom stereocenters. The molecule has 3 aromatic rings. The Bertz CT molecular complexity index is 1240. The highest BCUT2D eigenvalue weighted by molar-refractivity contribution is 7.92. The number of rotatable bonds is 7. The molecule has 1 aliphatic heterocycles. The Morgan fingerprint density at radius 3 is 2.58 bits per heavy atom. The van der Waals surface area contributed by atoms with Crippen LogP contribution in [0.25, 0.3) is 0 Å². The van der Waals surface area contributed by atoms with E-state index in [1.54, 1.807) is 24.3 Å². The van der Waals surface area contributed by atoms with Crippen molar-refractivity contribution in [2.45, 2.75) is 29.4 Å². The molecule has 2 aromatic carbocycles. The molecular weight excluding hydrogens is 487 g/mol. The summed E-state index contributed by atoms with van der Waals surface area (Å²) in [6, 6.07) is 9.57. The van der Waals surface area contributed by atoms with Gasteiger partial charge >= 0.3 is 0 Å². The van der Waals surface area contributed by atoms with Gasteiger partial charge in [0.1, 0.15) is 22.2 Å². The van der Waals surface area contributed by atoms with Crippen molar-refractivity contribution in [3.05, 3.63) is 63.9 Å². The maximum atomic E-state index is 13.7. The van der Waals surface area contributed by atoms with Gasteiger partial charge in [0.2, 0.25) is 0 Å². The average molecular weight is 511 g/mol. The second-order valence-corrected chi connectivity index (χ2v) is 11.2. The Labute approximate surface area is 201 Å². The first kappa shape index (κ1) is 23.8. The first-order valence-electron chi connectivity index (χ1n) is 10.4. The van der Waals surface area contributed by atoms with Gasteiger partial charge in [-0.1, -0.05) is 17.7 Å². The van der Waals surface area contributed by atoms with Crippen LogP contribution in [0.15, 0.2) is 46.7 Å². The van der Waals surface area contributed by atoms with Crippen LogP contribution in [0.5, 0.6) is 11.5 Å². The number of sulfone groups is 1.